The summed E-state index contributed by atoms with van der Waals surface area (Å²) in [7, 11) is 0. The molecule has 0 heterocycles. The topological polar surface area (TPSA) is 0 Å². The van der Waals surface area contributed by atoms with Gasteiger partial charge in [0.05, 0.1) is 0 Å². The molecule has 0 amide bonds. The first kappa shape index (κ1) is 84.6. The average Bonchev–Trinajstić information content (AvgIpc) is 0.735. The van der Waals surface area contributed by atoms with Crippen LogP contribution in [0.4, 0.5) is 0 Å². The lowest BCUT2D eigenvalue weighted by Crippen LogP contribution is -1.90. The highest BCUT2D eigenvalue weighted by Gasteiger charge is 2.22. The third-order valence-corrected chi connectivity index (χ3v) is 30.1. The van der Waals surface area contributed by atoms with Crippen molar-refractivity contribution in [2.45, 2.75) is 0 Å². The van der Waals surface area contributed by atoms with Crippen molar-refractivity contribution in [3.63, 3.8) is 0 Å². The van der Waals surface area contributed by atoms with E-state index >= 15 is 0 Å². The van der Waals surface area contributed by atoms with E-state index in [0.717, 1.165) is 0 Å². The zero-order valence-corrected chi connectivity index (χ0v) is 79.1. The van der Waals surface area contributed by atoms with Gasteiger partial charge in [0.2, 0.25) is 0 Å². The molecule has 0 aliphatic heterocycles. The molecule has 0 saturated heterocycles. The minimum absolute atomic E-state index is 1.21. The molecule has 668 valence electrons. The van der Waals surface area contributed by atoms with Crippen molar-refractivity contribution < 1.29 is 0 Å². The van der Waals surface area contributed by atoms with Gasteiger partial charge in [0.15, 0.2) is 0 Å². The number of fused-ring (bicyclic) bond motifs is 21. The van der Waals surface area contributed by atoms with E-state index < -0.39 is 0 Å². The van der Waals surface area contributed by atoms with E-state index in [4.69, 9.17) is 0 Å². The maximum atomic E-state index is 2.42. The van der Waals surface area contributed by atoms with Crippen molar-refractivity contribution in [2.24, 2.45) is 0 Å². The van der Waals surface area contributed by atoms with Gasteiger partial charge in [-0.25, -0.2) is 0 Å². The van der Waals surface area contributed by atoms with Crippen LogP contribution in [0, 0.1) is 0 Å². The molecule has 29 aromatic rings. The predicted molar refractivity (Wildman–Crippen MR) is 622 cm³/mol. The number of hydrogen-bond donors (Lipinski definition) is 0. The Morgan fingerprint density at radius 1 is 0.0625 bits per heavy atom. The van der Waals surface area contributed by atoms with E-state index in [9.17, 15) is 0 Å². The number of benzene rings is 29. The Hall–Kier alpha value is -18.7. The van der Waals surface area contributed by atoms with Crippen LogP contribution in [-0.2, 0) is 0 Å². The molecule has 144 heavy (non-hydrogen) atoms. The van der Waals surface area contributed by atoms with Gasteiger partial charge in [0.1, 0.15) is 0 Å². The van der Waals surface area contributed by atoms with E-state index in [2.05, 4.69) is 558 Å². The molecule has 0 aromatic heterocycles. The fraction of sp³-hybridized carbons (Fsp3) is 0. The van der Waals surface area contributed by atoms with Gasteiger partial charge in [-0.1, -0.05) is 479 Å². The maximum Gasteiger partial charge on any atom is -0.00928 e. The third-order valence-electron chi connectivity index (χ3n) is 30.1. The summed E-state index contributed by atoms with van der Waals surface area (Å²) in [4.78, 5) is 0. The number of rotatable bonds is 11. The van der Waals surface area contributed by atoms with Gasteiger partial charge >= 0.3 is 0 Å². The van der Waals surface area contributed by atoms with Crippen LogP contribution in [0.3, 0.4) is 0 Å². The smallest absolute Gasteiger partial charge is 0.00928 e. The summed E-state index contributed by atoms with van der Waals surface area (Å²) in [5, 5.41) is 38.2. The molecule has 0 aliphatic rings. The molecule has 0 aliphatic carbocycles. The van der Waals surface area contributed by atoms with Crippen LogP contribution in [0.5, 0.6) is 0 Å². The summed E-state index contributed by atoms with van der Waals surface area (Å²) >= 11 is 0. The Bertz CT molecular complexity index is 10100. The van der Waals surface area contributed by atoms with Crippen molar-refractivity contribution in [3.05, 3.63) is 558 Å². The first-order chi connectivity index (χ1) is 71.3. The summed E-state index contributed by atoms with van der Waals surface area (Å²) in [6.07, 6.45) is 0. The summed E-state index contributed by atoms with van der Waals surface area (Å²) in [6, 6.07) is 205. The standard InChI is InChI=1S/2C48H30.C48H32/c1-3-11-33-27-35(19-17-31(33)9-1)36-21-23-45-39(37-20-18-32-10-2-4-12-34(32)28-37)25-26-40(47(45)29-36)38-22-24-46-43-15-6-5-13-41(43)42-14-7-8-16-44(42)48(46)30-38;1-2-12-33-28-34(21-20-31(33)10-1)35-22-24-46-44(39-19-9-13-32-11-3-4-14-37(32)39)27-26-38(47(46)29-35)36-23-25-45-42-17-6-5-15-40(42)41-16-7-8-18-43(41)48(45)30-36;1-3-11-33(12-4-1)42-29-43(34-13-5-2-6-14-34)31-44(30-42)46-26-25-45(41-22-20-36-16-8-10-18-38(36)28-41)47-24-23-40(32-48(46)47)39-21-19-35-15-7-9-17-37(35)27-39/h2*1-30H;1-32H. The summed E-state index contributed by atoms with van der Waals surface area (Å²) < 4.78 is 0. The van der Waals surface area contributed by atoms with Gasteiger partial charge in [0.25, 0.3) is 0 Å². The lowest BCUT2D eigenvalue weighted by atomic mass is 9.87. The fourth-order valence-electron chi connectivity index (χ4n) is 22.9. The van der Waals surface area contributed by atoms with E-state index in [-0.39, 0.29) is 0 Å². The highest BCUT2D eigenvalue weighted by molar-refractivity contribution is 6.28. The molecule has 29 rings (SSSR count). The second-order valence-corrected chi connectivity index (χ2v) is 38.3. The normalized spacial score (nSPS) is 11.6. The Labute approximate surface area is 835 Å². The molecule has 0 radical (unpaired) electrons. The molecule has 0 atom stereocenters. The molecular formula is C144H92. The van der Waals surface area contributed by atoms with Crippen LogP contribution in [0.1, 0.15) is 0 Å². The van der Waals surface area contributed by atoms with Crippen molar-refractivity contribution in [3.8, 4) is 122 Å². The zero-order chi connectivity index (χ0) is 95.1. The van der Waals surface area contributed by atoms with Gasteiger partial charge in [-0.05, 0) is 363 Å². The maximum absolute atomic E-state index is 2.42. The molecule has 0 nitrogen and oxygen atoms in total. The fourth-order valence-corrected chi connectivity index (χ4v) is 22.9. The first-order valence-corrected chi connectivity index (χ1v) is 49.9. The summed E-state index contributed by atoms with van der Waals surface area (Å²) in [5.41, 5.74) is 27.1. The minimum atomic E-state index is 1.21. The summed E-state index contributed by atoms with van der Waals surface area (Å²) in [6.45, 7) is 0. The largest absolute Gasteiger partial charge is 0.0622 e. The van der Waals surface area contributed by atoms with Gasteiger partial charge < -0.3 is 0 Å². The average molecular weight is 1820 g/mol. The minimum Gasteiger partial charge on any atom is -0.0622 e. The van der Waals surface area contributed by atoms with Crippen LogP contribution in [-0.4, -0.2) is 0 Å². The molecule has 0 unspecified atom stereocenters. The van der Waals surface area contributed by atoms with Crippen molar-refractivity contribution in [1.29, 1.82) is 0 Å². The Balaban J connectivity index is 0.000000108. The van der Waals surface area contributed by atoms with Crippen LogP contribution in [0.25, 0.3) is 284 Å². The molecule has 0 saturated carbocycles. The van der Waals surface area contributed by atoms with E-state index in [1.54, 1.807) is 0 Å². The van der Waals surface area contributed by atoms with Crippen LogP contribution < -0.4 is 0 Å². The van der Waals surface area contributed by atoms with Gasteiger partial charge in [0, 0.05) is 0 Å². The lowest BCUT2D eigenvalue weighted by molar-refractivity contribution is 1.57. The van der Waals surface area contributed by atoms with Gasteiger partial charge in [-0.3, -0.25) is 0 Å². The predicted octanol–water partition coefficient (Wildman–Crippen LogP) is 40.7. The lowest BCUT2D eigenvalue weighted by Gasteiger charge is -2.17. The second kappa shape index (κ2) is 35.9. The third kappa shape index (κ3) is 15.4. The van der Waals surface area contributed by atoms with Crippen molar-refractivity contribution in [2.75, 3.05) is 0 Å². The Kier molecular flexibility index (Phi) is 21.1. The summed E-state index contributed by atoms with van der Waals surface area (Å²) in [5.74, 6) is 0. The van der Waals surface area contributed by atoms with Crippen LogP contribution >= 0.6 is 0 Å². The molecule has 0 spiro atoms. The van der Waals surface area contributed by atoms with Crippen molar-refractivity contribution >= 4 is 162 Å². The molecule has 29 aromatic carbocycles. The quantitative estimate of drug-likeness (QED) is 0.113. The van der Waals surface area contributed by atoms with Crippen LogP contribution in [0.15, 0.2) is 558 Å². The molecule has 0 N–H and O–H groups in total. The number of hydrogen-bond acceptors (Lipinski definition) is 0. The SMILES string of the molecule is c1ccc(-c2cc(-c3ccccc3)cc(-c3ccc(-c4ccc5ccccc5c4)c4ccc(-c5ccc6ccccc6c5)cc34)c2)cc1.c1ccc2cc(-c3ccc4c(-c5ccc6ccccc6c5)ccc(-c5ccc6c7ccccc7c7ccccc7c6c5)c4c3)ccc2c1.c1ccc2cc(-c3ccc4c(-c5cccc6ccccc56)ccc(-c5ccc6c7ccccc7c7ccccc7c6c5)c4c3)ccc2c1. The Morgan fingerprint density at radius 2 is 0.264 bits per heavy atom. The molecule has 0 fully saturated rings. The van der Waals surface area contributed by atoms with E-state index in [1.807, 2.05) is 0 Å². The van der Waals surface area contributed by atoms with Crippen molar-refractivity contribution in [1.82, 2.24) is 0 Å². The van der Waals surface area contributed by atoms with E-state index in [1.165, 1.54) is 284 Å². The highest BCUT2D eigenvalue weighted by atomic mass is 14.3. The van der Waals surface area contributed by atoms with Gasteiger partial charge in [-0.15, -0.1) is 0 Å². The van der Waals surface area contributed by atoms with Crippen LogP contribution in [0.2, 0.25) is 0 Å². The molecule has 0 heteroatoms. The molecule has 0 bridgehead atoms. The Morgan fingerprint density at radius 3 is 0.618 bits per heavy atom. The highest BCUT2D eigenvalue weighted by Crippen LogP contribution is 2.49. The molecular weight excluding hydrogens is 1730 g/mol. The second-order valence-electron chi connectivity index (χ2n) is 38.3. The zero-order valence-electron chi connectivity index (χ0n) is 79.1. The first-order valence-electron chi connectivity index (χ1n) is 49.9. The monoisotopic (exact) mass is 1820 g/mol. The van der Waals surface area contributed by atoms with E-state index in [0.29, 0.717) is 0 Å². The van der Waals surface area contributed by atoms with Gasteiger partial charge in [-0.2, -0.15) is 0 Å².